The molecule has 0 N–H and O–H groups in total. The summed E-state index contributed by atoms with van der Waals surface area (Å²) in [4.78, 5) is 0. The molecule has 0 aliphatic heterocycles. The number of halogens is 4. The largest absolute Gasteiger partial charge is 0.416 e. The minimum Gasteiger partial charge on any atom is -0.207 e. The van der Waals surface area contributed by atoms with Crippen molar-refractivity contribution in [2.24, 2.45) is 7.05 Å². The Labute approximate surface area is 151 Å². The van der Waals surface area contributed by atoms with Gasteiger partial charge in [-0.15, -0.1) is 0 Å². The van der Waals surface area contributed by atoms with Crippen LogP contribution in [0.3, 0.4) is 0 Å². The third-order valence-electron chi connectivity index (χ3n) is 3.72. The first-order chi connectivity index (χ1) is 11.4. The molecule has 3 rings (SSSR count). The normalized spacial score (nSPS) is 11.5. The van der Waals surface area contributed by atoms with Crippen LogP contribution in [0.15, 0.2) is 67.0 Å². The highest BCUT2D eigenvalue weighted by atomic mass is 127. The van der Waals surface area contributed by atoms with E-state index >= 15 is 0 Å². The molecule has 3 aromatic rings. The lowest BCUT2D eigenvalue weighted by Gasteiger charge is -2.11. The van der Waals surface area contributed by atoms with E-state index in [0.717, 1.165) is 26.3 Å². The third kappa shape index (κ3) is 3.45. The second-order valence-electron chi connectivity index (χ2n) is 5.51. The molecule has 0 saturated carbocycles. The van der Waals surface area contributed by atoms with Gasteiger partial charge >= 0.3 is 6.18 Å². The summed E-state index contributed by atoms with van der Waals surface area (Å²) in [6, 6.07) is 15.3. The zero-order valence-corrected chi connectivity index (χ0v) is 15.0. The van der Waals surface area contributed by atoms with Crippen molar-refractivity contribution >= 4 is 22.6 Å². The Hall–Kier alpha value is -1.89. The smallest absolute Gasteiger partial charge is 0.207 e. The van der Waals surface area contributed by atoms with Gasteiger partial charge in [0, 0.05) is 3.57 Å². The molecule has 5 heteroatoms. The van der Waals surface area contributed by atoms with E-state index in [1.807, 2.05) is 54.3 Å². The first kappa shape index (κ1) is 17.0. The molecular weight excluding hydrogens is 426 g/mol. The van der Waals surface area contributed by atoms with Gasteiger partial charge in [0.05, 0.1) is 16.7 Å². The van der Waals surface area contributed by atoms with Crippen molar-refractivity contribution < 1.29 is 17.7 Å². The number of hydrogen-bond acceptors (Lipinski definition) is 0. The van der Waals surface area contributed by atoms with Crippen molar-refractivity contribution in [1.82, 2.24) is 0 Å². The lowest BCUT2D eigenvalue weighted by atomic mass is 10.0. The van der Waals surface area contributed by atoms with E-state index in [9.17, 15) is 13.2 Å². The first-order valence-electron chi connectivity index (χ1n) is 7.28. The van der Waals surface area contributed by atoms with Crippen molar-refractivity contribution in [3.63, 3.8) is 0 Å². The van der Waals surface area contributed by atoms with Gasteiger partial charge in [0.1, 0.15) is 7.05 Å². The molecule has 2 aromatic carbocycles. The number of alkyl halides is 3. The highest BCUT2D eigenvalue weighted by Crippen LogP contribution is 2.35. The highest BCUT2D eigenvalue weighted by molar-refractivity contribution is 14.1. The number of pyridine rings is 1. The van der Waals surface area contributed by atoms with Crippen LogP contribution in [0, 0.1) is 3.57 Å². The van der Waals surface area contributed by atoms with E-state index in [-0.39, 0.29) is 0 Å². The molecule has 122 valence electrons. The van der Waals surface area contributed by atoms with Gasteiger partial charge in [0.2, 0.25) is 0 Å². The second kappa shape index (κ2) is 6.55. The number of aryl methyl sites for hydroxylation is 1. The Kier molecular flexibility index (Phi) is 4.62. The van der Waals surface area contributed by atoms with Crippen LogP contribution in [0.2, 0.25) is 0 Å². The SMILES string of the molecule is C[n+]1cc(-c2ccccc2)c(I)c(-c2cccc(C(F)(F)F)c2)c1. The Morgan fingerprint density at radius 3 is 2.04 bits per heavy atom. The van der Waals surface area contributed by atoms with Crippen LogP contribution in [0.5, 0.6) is 0 Å². The van der Waals surface area contributed by atoms with E-state index in [1.165, 1.54) is 12.1 Å². The fraction of sp³-hybridized carbons (Fsp3) is 0.105. The zero-order valence-electron chi connectivity index (χ0n) is 12.8. The van der Waals surface area contributed by atoms with Crippen LogP contribution >= 0.6 is 22.6 Å². The van der Waals surface area contributed by atoms with Gasteiger partial charge in [0.25, 0.3) is 0 Å². The van der Waals surface area contributed by atoms with E-state index < -0.39 is 11.7 Å². The molecule has 0 aliphatic rings. The fourth-order valence-corrected chi connectivity index (χ4v) is 3.49. The molecule has 0 fully saturated rings. The Morgan fingerprint density at radius 2 is 1.42 bits per heavy atom. The van der Waals surface area contributed by atoms with Crippen LogP contribution in [-0.4, -0.2) is 0 Å². The van der Waals surface area contributed by atoms with Gasteiger partial charge in [-0.05, 0) is 45.9 Å². The molecule has 1 heterocycles. The van der Waals surface area contributed by atoms with Gasteiger partial charge in [-0.25, -0.2) is 4.57 Å². The zero-order chi connectivity index (χ0) is 17.3. The molecular formula is C19H14F3IN+. The molecule has 1 nitrogen and oxygen atoms in total. The summed E-state index contributed by atoms with van der Waals surface area (Å²) in [6.45, 7) is 0. The molecule has 0 bridgehead atoms. The van der Waals surface area contributed by atoms with E-state index in [2.05, 4.69) is 22.6 Å². The minimum absolute atomic E-state index is 0.558. The number of aromatic nitrogens is 1. The quantitative estimate of drug-likeness (QED) is 0.368. The molecule has 24 heavy (non-hydrogen) atoms. The number of hydrogen-bond donors (Lipinski definition) is 0. The Bertz CT molecular complexity index is 874. The lowest BCUT2D eigenvalue weighted by molar-refractivity contribution is -0.670. The molecule has 0 radical (unpaired) electrons. The maximum Gasteiger partial charge on any atom is 0.416 e. The van der Waals surface area contributed by atoms with Crippen molar-refractivity contribution in [2.75, 3.05) is 0 Å². The molecule has 1 aromatic heterocycles. The van der Waals surface area contributed by atoms with Crippen LogP contribution in [0.1, 0.15) is 5.56 Å². The van der Waals surface area contributed by atoms with Crippen LogP contribution in [-0.2, 0) is 13.2 Å². The average Bonchev–Trinajstić information content (AvgIpc) is 2.57. The minimum atomic E-state index is -4.35. The summed E-state index contributed by atoms with van der Waals surface area (Å²) in [5.74, 6) is 0. The summed E-state index contributed by atoms with van der Waals surface area (Å²) in [6.07, 6.45) is -0.515. The topological polar surface area (TPSA) is 3.88 Å². The van der Waals surface area contributed by atoms with E-state index in [4.69, 9.17) is 0 Å². The summed E-state index contributed by atoms with van der Waals surface area (Å²) in [5, 5.41) is 0. The number of rotatable bonds is 2. The van der Waals surface area contributed by atoms with Crippen molar-refractivity contribution in [3.8, 4) is 22.3 Å². The number of nitrogens with zero attached hydrogens (tertiary/aromatic N) is 1. The van der Waals surface area contributed by atoms with Crippen molar-refractivity contribution in [1.29, 1.82) is 0 Å². The highest BCUT2D eigenvalue weighted by Gasteiger charge is 2.30. The fourth-order valence-electron chi connectivity index (χ4n) is 2.59. The predicted octanol–water partition coefficient (Wildman–Crippen LogP) is 5.47. The van der Waals surface area contributed by atoms with E-state index in [1.54, 1.807) is 6.07 Å². The van der Waals surface area contributed by atoms with Crippen molar-refractivity contribution in [3.05, 3.63) is 76.1 Å². The molecule has 0 aliphatic carbocycles. The summed E-state index contributed by atoms with van der Waals surface area (Å²) >= 11 is 2.20. The second-order valence-corrected chi connectivity index (χ2v) is 6.59. The summed E-state index contributed by atoms with van der Waals surface area (Å²) in [5.41, 5.74) is 2.73. The molecule has 0 atom stereocenters. The molecule has 0 amide bonds. The van der Waals surface area contributed by atoms with Gasteiger partial charge in [-0.1, -0.05) is 42.5 Å². The van der Waals surface area contributed by atoms with Crippen LogP contribution in [0.25, 0.3) is 22.3 Å². The predicted molar refractivity (Wildman–Crippen MR) is 96.2 cm³/mol. The van der Waals surface area contributed by atoms with Crippen molar-refractivity contribution in [2.45, 2.75) is 6.18 Å². The maximum absolute atomic E-state index is 13.0. The van der Waals surface area contributed by atoms with Gasteiger partial charge in [-0.2, -0.15) is 13.2 Å². The molecule has 0 unspecified atom stereocenters. The maximum atomic E-state index is 13.0. The monoisotopic (exact) mass is 440 g/mol. The van der Waals surface area contributed by atoms with Gasteiger partial charge < -0.3 is 0 Å². The third-order valence-corrected chi connectivity index (χ3v) is 4.89. The van der Waals surface area contributed by atoms with Gasteiger partial charge in [0.15, 0.2) is 12.4 Å². The summed E-state index contributed by atoms with van der Waals surface area (Å²) in [7, 11) is 1.87. The standard InChI is InChI=1S/C19H14F3IN/c1-24-11-16(13-6-3-2-4-7-13)18(23)17(12-24)14-8-5-9-15(10-14)19(20,21)22/h2-12H,1H3/q+1. The molecule has 0 saturated heterocycles. The Balaban J connectivity index is 2.18. The average molecular weight is 440 g/mol. The first-order valence-corrected chi connectivity index (χ1v) is 8.36. The summed E-state index contributed by atoms with van der Waals surface area (Å²) < 4.78 is 41.8. The Morgan fingerprint density at radius 1 is 0.833 bits per heavy atom. The van der Waals surface area contributed by atoms with Crippen LogP contribution < -0.4 is 4.57 Å². The van der Waals surface area contributed by atoms with E-state index in [0.29, 0.717) is 5.56 Å². The lowest BCUT2D eigenvalue weighted by Crippen LogP contribution is -2.28. The van der Waals surface area contributed by atoms with Crippen LogP contribution in [0.4, 0.5) is 13.2 Å². The number of benzene rings is 2. The van der Waals surface area contributed by atoms with Gasteiger partial charge in [-0.3, -0.25) is 0 Å². The molecule has 0 spiro atoms.